The van der Waals surface area contributed by atoms with Gasteiger partial charge in [0, 0.05) is 16.5 Å². The lowest BCUT2D eigenvalue weighted by Gasteiger charge is -2.17. The highest BCUT2D eigenvalue weighted by molar-refractivity contribution is 6.00. The molecule has 0 atom stereocenters. The molecule has 0 amide bonds. The molecule has 2 aromatic carbocycles. The van der Waals surface area contributed by atoms with Crippen molar-refractivity contribution in [1.29, 1.82) is 5.26 Å². The summed E-state index contributed by atoms with van der Waals surface area (Å²) in [5.41, 5.74) is 4.63. The standard InChI is InChI=1S/C25H24N4O4/c1-13-7-8-16(11-14(13)2)29-24-20(15(3)28-29)21(18(12-26)25(30)27-24)17-9-10-19(31-4)23(33-6)22(17)32-5/h7-11H,1-6H3,(H,27,30). The first-order valence-electron chi connectivity index (χ1n) is 10.3. The van der Waals surface area contributed by atoms with Gasteiger partial charge in [0.25, 0.3) is 5.56 Å². The van der Waals surface area contributed by atoms with E-state index >= 15 is 0 Å². The summed E-state index contributed by atoms with van der Waals surface area (Å²) in [4.78, 5) is 15.9. The fourth-order valence-corrected chi connectivity index (χ4v) is 4.07. The van der Waals surface area contributed by atoms with Crippen molar-refractivity contribution in [2.75, 3.05) is 21.3 Å². The maximum atomic E-state index is 13.0. The van der Waals surface area contributed by atoms with Crippen molar-refractivity contribution in [2.24, 2.45) is 0 Å². The maximum Gasteiger partial charge on any atom is 0.268 e. The van der Waals surface area contributed by atoms with Gasteiger partial charge >= 0.3 is 0 Å². The van der Waals surface area contributed by atoms with Crippen LogP contribution in [0, 0.1) is 32.1 Å². The van der Waals surface area contributed by atoms with Crippen molar-refractivity contribution in [1.82, 2.24) is 14.8 Å². The molecule has 33 heavy (non-hydrogen) atoms. The third-order valence-electron chi connectivity index (χ3n) is 5.84. The van der Waals surface area contributed by atoms with Gasteiger partial charge in [-0.2, -0.15) is 10.4 Å². The quantitative estimate of drug-likeness (QED) is 0.495. The molecule has 0 aliphatic rings. The Morgan fingerprint density at radius 3 is 2.30 bits per heavy atom. The van der Waals surface area contributed by atoms with Crippen LogP contribution in [0.25, 0.3) is 27.8 Å². The molecule has 8 nitrogen and oxygen atoms in total. The number of aromatic amines is 1. The van der Waals surface area contributed by atoms with Crippen molar-refractivity contribution in [2.45, 2.75) is 20.8 Å². The fourth-order valence-electron chi connectivity index (χ4n) is 4.07. The molecular formula is C25H24N4O4. The van der Waals surface area contributed by atoms with E-state index in [9.17, 15) is 10.1 Å². The molecule has 0 bridgehead atoms. The van der Waals surface area contributed by atoms with Crippen molar-refractivity contribution >= 4 is 11.0 Å². The highest BCUT2D eigenvalue weighted by Crippen LogP contribution is 2.46. The van der Waals surface area contributed by atoms with E-state index in [0.29, 0.717) is 45.1 Å². The second kappa shape index (κ2) is 8.36. The molecule has 0 aliphatic heterocycles. The monoisotopic (exact) mass is 444 g/mol. The van der Waals surface area contributed by atoms with Crippen LogP contribution in [0.3, 0.4) is 0 Å². The van der Waals surface area contributed by atoms with E-state index in [1.807, 2.05) is 39.0 Å². The van der Waals surface area contributed by atoms with E-state index in [1.54, 1.807) is 16.8 Å². The predicted molar refractivity (Wildman–Crippen MR) is 126 cm³/mol. The first-order chi connectivity index (χ1) is 15.9. The van der Waals surface area contributed by atoms with Crippen molar-refractivity contribution in [3.8, 4) is 40.1 Å². The molecule has 0 fully saturated rings. The number of nitrogens with zero attached hydrogens (tertiary/aromatic N) is 3. The largest absolute Gasteiger partial charge is 0.493 e. The second-order valence-electron chi connectivity index (χ2n) is 7.69. The zero-order valence-electron chi connectivity index (χ0n) is 19.4. The fraction of sp³-hybridized carbons (Fsp3) is 0.240. The van der Waals surface area contributed by atoms with Crippen LogP contribution in [0.5, 0.6) is 17.2 Å². The highest BCUT2D eigenvalue weighted by Gasteiger charge is 2.26. The van der Waals surface area contributed by atoms with Crippen LogP contribution in [-0.4, -0.2) is 36.1 Å². The molecule has 1 N–H and O–H groups in total. The summed E-state index contributed by atoms with van der Waals surface area (Å²) in [5.74, 6) is 1.20. The summed E-state index contributed by atoms with van der Waals surface area (Å²) in [5, 5.41) is 15.3. The minimum absolute atomic E-state index is 0.0317. The van der Waals surface area contributed by atoms with E-state index in [4.69, 9.17) is 19.3 Å². The number of hydrogen-bond acceptors (Lipinski definition) is 6. The van der Waals surface area contributed by atoms with Crippen LogP contribution in [0.2, 0.25) is 0 Å². The van der Waals surface area contributed by atoms with Gasteiger partial charge in [-0.05, 0) is 56.2 Å². The highest BCUT2D eigenvalue weighted by atomic mass is 16.5. The number of hydrogen-bond donors (Lipinski definition) is 1. The number of benzene rings is 2. The number of methoxy groups -OCH3 is 3. The van der Waals surface area contributed by atoms with E-state index in [1.165, 1.54) is 21.3 Å². The second-order valence-corrected chi connectivity index (χ2v) is 7.69. The molecular weight excluding hydrogens is 420 g/mol. The van der Waals surface area contributed by atoms with Crippen LogP contribution in [0.4, 0.5) is 0 Å². The number of ether oxygens (including phenoxy) is 3. The van der Waals surface area contributed by atoms with Crippen LogP contribution in [-0.2, 0) is 0 Å². The lowest BCUT2D eigenvalue weighted by molar-refractivity contribution is 0.325. The van der Waals surface area contributed by atoms with Crippen LogP contribution in [0.15, 0.2) is 35.1 Å². The Balaban J connectivity index is 2.15. The summed E-state index contributed by atoms with van der Waals surface area (Å²) >= 11 is 0. The lowest BCUT2D eigenvalue weighted by atomic mass is 9.96. The zero-order valence-corrected chi connectivity index (χ0v) is 19.4. The summed E-state index contributed by atoms with van der Waals surface area (Å²) in [6.07, 6.45) is 0. The summed E-state index contributed by atoms with van der Waals surface area (Å²) in [6, 6.07) is 11.5. The van der Waals surface area contributed by atoms with Crippen molar-refractivity contribution in [3.63, 3.8) is 0 Å². The number of nitriles is 1. The Bertz CT molecular complexity index is 1490. The molecule has 0 radical (unpaired) electrons. The average Bonchev–Trinajstić information content (AvgIpc) is 3.14. The Hall–Kier alpha value is -4.25. The number of nitrogens with one attached hydrogen (secondary N) is 1. The molecule has 0 aliphatic carbocycles. The number of pyridine rings is 1. The van der Waals surface area contributed by atoms with Gasteiger partial charge in [-0.1, -0.05) is 6.07 Å². The number of rotatable bonds is 5. The Morgan fingerprint density at radius 1 is 0.970 bits per heavy atom. The van der Waals surface area contributed by atoms with Crippen molar-refractivity contribution in [3.05, 3.63) is 63.1 Å². The molecule has 0 spiro atoms. The third-order valence-corrected chi connectivity index (χ3v) is 5.84. The first-order valence-corrected chi connectivity index (χ1v) is 10.3. The zero-order chi connectivity index (χ0) is 23.9. The summed E-state index contributed by atoms with van der Waals surface area (Å²) in [7, 11) is 4.54. The molecule has 2 heterocycles. The first kappa shape index (κ1) is 22.0. The summed E-state index contributed by atoms with van der Waals surface area (Å²) < 4.78 is 18.3. The van der Waals surface area contributed by atoms with Gasteiger partial charge < -0.3 is 19.2 Å². The normalized spacial score (nSPS) is 10.8. The SMILES string of the molecule is COc1ccc(-c2c(C#N)c(=O)[nH]c3c2c(C)nn3-c2ccc(C)c(C)c2)c(OC)c1OC. The topological polar surface area (TPSA) is 102 Å². The van der Waals surface area contributed by atoms with E-state index in [2.05, 4.69) is 11.1 Å². The van der Waals surface area contributed by atoms with Gasteiger partial charge in [0.2, 0.25) is 5.75 Å². The molecule has 0 unspecified atom stereocenters. The van der Waals surface area contributed by atoms with Crippen LogP contribution in [0.1, 0.15) is 22.4 Å². The number of aryl methyl sites for hydroxylation is 3. The Morgan fingerprint density at radius 2 is 1.70 bits per heavy atom. The van der Waals surface area contributed by atoms with E-state index in [-0.39, 0.29) is 5.56 Å². The smallest absolute Gasteiger partial charge is 0.268 e. The number of aromatic nitrogens is 3. The molecule has 2 aromatic heterocycles. The predicted octanol–water partition coefficient (Wildman–Crippen LogP) is 4.20. The molecule has 4 rings (SSSR count). The van der Waals surface area contributed by atoms with Gasteiger partial charge in [0.15, 0.2) is 11.5 Å². The van der Waals surface area contributed by atoms with E-state index < -0.39 is 5.56 Å². The number of H-pyrrole nitrogens is 1. The lowest BCUT2D eigenvalue weighted by Crippen LogP contribution is -2.14. The average molecular weight is 444 g/mol. The van der Waals surface area contributed by atoms with Gasteiger partial charge in [-0.25, -0.2) is 4.68 Å². The number of fused-ring (bicyclic) bond motifs is 1. The summed E-state index contributed by atoms with van der Waals surface area (Å²) in [6.45, 7) is 5.90. The van der Waals surface area contributed by atoms with Gasteiger partial charge in [0.05, 0.1) is 32.7 Å². The third kappa shape index (κ3) is 3.38. The molecule has 0 saturated carbocycles. The molecule has 8 heteroatoms. The molecule has 0 saturated heterocycles. The minimum atomic E-state index is -0.512. The van der Waals surface area contributed by atoms with Gasteiger partial charge in [-0.15, -0.1) is 0 Å². The Labute approximate surface area is 191 Å². The minimum Gasteiger partial charge on any atom is -0.493 e. The maximum absolute atomic E-state index is 13.0. The van der Waals surface area contributed by atoms with E-state index in [0.717, 1.165) is 16.8 Å². The van der Waals surface area contributed by atoms with Crippen LogP contribution >= 0.6 is 0 Å². The Kier molecular flexibility index (Phi) is 5.56. The molecule has 168 valence electrons. The molecule has 4 aromatic rings. The van der Waals surface area contributed by atoms with Gasteiger partial charge in [-0.3, -0.25) is 4.79 Å². The van der Waals surface area contributed by atoms with Crippen LogP contribution < -0.4 is 19.8 Å². The van der Waals surface area contributed by atoms with Crippen molar-refractivity contribution < 1.29 is 14.2 Å². The van der Waals surface area contributed by atoms with Gasteiger partial charge in [0.1, 0.15) is 17.3 Å².